The summed E-state index contributed by atoms with van der Waals surface area (Å²) in [5.41, 5.74) is 5.44. The molecule has 1 fully saturated rings. The minimum Gasteiger partial charge on any atom is -0.328 e. The van der Waals surface area contributed by atoms with E-state index >= 15 is 0 Å². The monoisotopic (exact) mass is 185 g/mol. The molecule has 44 valence electrons. The van der Waals surface area contributed by atoms with Crippen molar-refractivity contribution in [3.8, 4) is 0 Å². The normalized spacial score (nSPS) is 38.6. The second kappa shape index (κ2) is 2.90. The van der Waals surface area contributed by atoms with E-state index in [1.165, 1.54) is 12.8 Å². The minimum atomic E-state index is 0. The second-order valence-corrected chi connectivity index (χ2v) is 3.12. The summed E-state index contributed by atoms with van der Waals surface area (Å²) in [6, 6.07) is 0.495. The van der Waals surface area contributed by atoms with Crippen molar-refractivity contribution < 1.29 is 0 Å². The lowest BCUT2D eigenvalue weighted by atomic mass is 9.94. The van der Waals surface area contributed by atoms with Gasteiger partial charge < -0.3 is 5.73 Å². The average Bonchev–Trinajstić information content (AvgIpc) is 1.33. The molecule has 0 spiro atoms. The predicted molar refractivity (Wildman–Crippen MR) is 37.2 cm³/mol. The number of alkyl halides is 1. The number of rotatable bonds is 0. The first-order valence-electron chi connectivity index (χ1n) is 2.18. The summed E-state index contributed by atoms with van der Waals surface area (Å²) in [6.07, 6.45) is 2.33. The van der Waals surface area contributed by atoms with Gasteiger partial charge in [0.25, 0.3) is 0 Å². The van der Waals surface area contributed by atoms with Crippen LogP contribution in [0, 0.1) is 0 Å². The molecule has 0 radical (unpaired) electrons. The molecule has 0 saturated heterocycles. The van der Waals surface area contributed by atoms with E-state index in [-0.39, 0.29) is 12.4 Å². The zero-order valence-electron chi connectivity index (χ0n) is 3.93. The Morgan fingerprint density at radius 1 is 1.43 bits per heavy atom. The first-order chi connectivity index (χ1) is 2.79. The fourth-order valence-electron chi connectivity index (χ4n) is 0.588. The van der Waals surface area contributed by atoms with Gasteiger partial charge in [-0.15, -0.1) is 12.4 Å². The maximum Gasteiger partial charge on any atom is 0.0175 e. The van der Waals surface area contributed by atoms with Crippen LogP contribution in [-0.4, -0.2) is 10.9 Å². The van der Waals surface area contributed by atoms with E-state index in [0.717, 1.165) is 4.83 Å². The Morgan fingerprint density at radius 3 is 1.86 bits per heavy atom. The Kier molecular flexibility index (Phi) is 3.20. The predicted octanol–water partition coefficient (Wildman–Crippen LogP) is 1.29. The van der Waals surface area contributed by atoms with Crippen LogP contribution in [0.1, 0.15) is 12.8 Å². The van der Waals surface area contributed by atoms with Crippen molar-refractivity contribution in [2.45, 2.75) is 23.7 Å². The Bertz CT molecular complexity index is 47.7. The summed E-state index contributed by atoms with van der Waals surface area (Å²) in [4.78, 5) is 0.729. The van der Waals surface area contributed by atoms with E-state index in [1.807, 2.05) is 0 Å². The van der Waals surface area contributed by atoms with Crippen molar-refractivity contribution in [2.24, 2.45) is 5.73 Å². The summed E-state index contributed by atoms with van der Waals surface area (Å²) in [5, 5.41) is 0. The number of halogens is 2. The lowest BCUT2D eigenvalue weighted by Crippen LogP contribution is -2.36. The first kappa shape index (κ1) is 7.73. The zero-order valence-corrected chi connectivity index (χ0v) is 6.33. The molecule has 1 aliphatic carbocycles. The largest absolute Gasteiger partial charge is 0.328 e. The third-order valence-electron chi connectivity index (χ3n) is 1.12. The van der Waals surface area contributed by atoms with Crippen LogP contribution in [0.4, 0.5) is 0 Å². The van der Waals surface area contributed by atoms with Crippen molar-refractivity contribution >= 4 is 28.3 Å². The van der Waals surface area contributed by atoms with Gasteiger partial charge in [0, 0.05) is 10.9 Å². The van der Waals surface area contributed by atoms with E-state index in [4.69, 9.17) is 5.73 Å². The van der Waals surface area contributed by atoms with Gasteiger partial charge in [0.05, 0.1) is 0 Å². The Balaban J connectivity index is 0.000000360. The van der Waals surface area contributed by atoms with Crippen molar-refractivity contribution in [3.63, 3.8) is 0 Å². The van der Waals surface area contributed by atoms with Gasteiger partial charge in [0.2, 0.25) is 0 Å². The highest BCUT2D eigenvalue weighted by Gasteiger charge is 2.22. The van der Waals surface area contributed by atoms with Gasteiger partial charge >= 0.3 is 0 Å². The first-order valence-corrected chi connectivity index (χ1v) is 3.10. The lowest BCUT2D eigenvalue weighted by molar-refractivity contribution is 0.439. The number of nitrogens with two attached hydrogens (primary N) is 1. The van der Waals surface area contributed by atoms with E-state index in [0.29, 0.717) is 6.04 Å². The SMILES string of the molecule is Cl.NC1CC(Br)C1. The molecule has 0 bridgehead atoms. The molecule has 0 aromatic carbocycles. The third kappa shape index (κ3) is 1.98. The molecule has 0 atom stereocenters. The van der Waals surface area contributed by atoms with Crippen molar-refractivity contribution in [3.05, 3.63) is 0 Å². The maximum atomic E-state index is 5.44. The van der Waals surface area contributed by atoms with Crippen LogP contribution in [0.25, 0.3) is 0 Å². The molecule has 0 heterocycles. The highest BCUT2D eigenvalue weighted by Crippen LogP contribution is 2.24. The van der Waals surface area contributed by atoms with Crippen LogP contribution in [0.2, 0.25) is 0 Å². The van der Waals surface area contributed by atoms with Crippen LogP contribution in [0.3, 0.4) is 0 Å². The maximum absolute atomic E-state index is 5.44. The molecule has 0 unspecified atom stereocenters. The van der Waals surface area contributed by atoms with Gasteiger partial charge in [-0.25, -0.2) is 0 Å². The number of hydrogen-bond donors (Lipinski definition) is 1. The van der Waals surface area contributed by atoms with Gasteiger partial charge in [-0.2, -0.15) is 0 Å². The fraction of sp³-hybridized carbons (Fsp3) is 1.00. The standard InChI is InChI=1S/C4H8BrN.ClH/c5-3-1-4(6)2-3;/h3-4H,1-2,6H2;1H. The van der Waals surface area contributed by atoms with Crippen LogP contribution < -0.4 is 5.73 Å². The second-order valence-electron chi connectivity index (χ2n) is 1.83. The molecular weight excluding hydrogens is 177 g/mol. The van der Waals surface area contributed by atoms with Crippen molar-refractivity contribution in [1.29, 1.82) is 0 Å². The summed E-state index contributed by atoms with van der Waals surface area (Å²) in [7, 11) is 0. The average molecular weight is 186 g/mol. The molecule has 3 heteroatoms. The van der Waals surface area contributed by atoms with Crippen LogP contribution in [0.15, 0.2) is 0 Å². The molecule has 1 aliphatic rings. The van der Waals surface area contributed by atoms with E-state index < -0.39 is 0 Å². The summed E-state index contributed by atoms with van der Waals surface area (Å²) in [5.74, 6) is 0. The van der Waals surface area contributed by atoms with Crippen LogP contribution >= 0.6 is 28.3 Å². The Labute approximate surface area is 58.2 Å². The van der Waals surface area contributed by atoms with E-state index in [2.05, 4.69) is 15.9 Å². The van der Waals surface area contributed by atoms with Crippen molar-refractivity contribution in [2.75, 3.05) is 0 Å². The van der Waals surface area contributed by atoms with Gasteiger partial charge in [0.1, 0.15) is 0 Å². The molecule has 0 aromatic heterocycles. The third-order valence-corrected chi connectivity index (χ3v) is 1.86. The fourth-order valence-corrected chi connectivity index (χ4v) is 1.55. The van der Waals surface area contributed by atoms with Gasteiger partial charge in [-0.3, -0.25) is 0 Å². The zero-order chi connectivity index (χ0) is 4.57. The van der Waals surface area contributed by atoms with Gasteiger partial charge in [-0.05, 0) is 12.8 Å². The van der Waals surface area contributed by atoms with Crippen LogP contribution in [0.5, 0.6) is 0 Å². The Morgan fingerprint density at radius 2 is 1.86 bits per heavy atom. The van der Waals surface area contributed by atoms with Crippen LogP contribution in [-0.2, 0) is 0 Å². The topological polar surface area (TPSA) is 26.0 Å². The molecule has 1 rings (SSSR count). The molecule has 0 aromatic rings. The molecule has 1 nitrogen and oxygen atoms in total. The van der Waals surface area contributed by atoms with E-state index in [1.54, 1.807) is 0 Å². The molecule has 0 amide bonds. The molecule has 0 aliphatic heterocycles. The summed E-state index contributed by atoms with van der Waals surface area (Å²) >= 11 is 3.42. The molecular formula is C4H9BrClN. The lowest BCUT2D eigenvalue weighted by Gasteiger charge is -2.26. The summed E-state index contributed by atoms with van der Waals surface area (Å²) < 4.78 is 0. The minimum absolute atomic E-state index is 0. The molecule has 7 heavy (non-hydrogen) atoms. The quantitative estimate of drug-likeness (QED) is 0.567. The van der Waals surface area contributed by atoms with Gasteiger partial charge in [-0.1, -0.05) is 15.9 Å². The smallest absolute Gasteiger partial charge is 0.0175 e. The highest BCUT2D eigenvalue weighted by molar-refractivity contribution is 9.09. The van der Waals surface area contributed by atoms with E-state index in [9.17, 15) is 0 Å². The molecule has 2 N–H and O–H groups in total. The summed E-state index contributed by atoms with van der Waals surface area (Å²) in [6.45, 7) is 0. The Hall–Kier alpha value is 0.730. The van der Waals surface area contributed by atoms with Crippen molar-refractivity contribution in [1.82, 2.24) is 0 Å². The van der Waals surface area contributed by atoms with Gasteiger partial charge in [0.15, 0.2) is 0 Å². The molecule has 1 saturated carbocycles. The number of hydrogen-bond acceptors (Lipinski definition) is 1. The highest BCUT2D eigenvalue weighted by atomic mass is 79.9.